The molecule has 1 N–H and O–H groups in total. The van der Waals surface area contributed by atoms with Gasteiger partial charge in [0.25, 0.3) is 0 Å². The smallest absolute Gasteiger partial charge is 0.237 e. The maximum atomic E-state index is 12.0. The molecule has 1 heterocycles. The first-order chi connectivity index (χ1) is 7.15. The quantitative estimate of drug-likeness (QED) is 0.722. The highest BCUT2D eigenvalue weighted by atomic mass is 16.2. The third kappa shape index (κ3) is 3.80. The minimum atomic E-state index is 0.264. The van der Waals surface area contributed by atoms with Gasteiger partial charge in [-0.05, 0) is 40.4 Å². The zero-order valence-electron chi connectivity index (χ0n) is 10.1. The zero-order chi connectivity index (χ0) is 11.3. The third-order valence-electron chi connectivity index (χ3n) is 2.84. The van der Waals surface area contributed by atoms with Crippen molar-refractivity contribution in [1.29, 1.82) is 0 Å². The number of piperidine rings is 1. The van der Waals surface area contributed by atoms with Gasteiger partial charge in [0.1, 0.15) is 0 Å². The summed E-state index contributed by atoms with van der Waals surface area (Å²) in [5, 5.41) is 3.17. The molecule has 1 fully saturated rings. The van der Waals surface area contributed by atoms with Crippen molar-refractivity contribution in [1.82, 2.24) is 15.1 Å². The number of nitrogens with one attached hydrogen (secondary N) is 1. The van der Waals surface area contributed by atoms with Crippen molar-refractivity contribution in [2.75, 3.05) is 40.8 Å². The number of carbonyl (C=O) groups excluding carboxylic acids is 1. The van der Waals surface area contributed by atoms with Crippen LogP contribution in [0.25, 0.3) is 0 Å². The zero-order valence-corrected chi connectivity index (χ0v) is 10.1. The average Bonchev–Trinajstić information content (AvgIpc) is 2.18. The highest BCUT2D eigenvalue weighted by Gasteiger charge is 2.25. The van der Waals surface area contributed by atoms with Crippen LogP contribution >= 0.6 is 0 Å². The van der Waals surface area contributed by atoms with E-state index >= 15 is 0 Å². The summed E-state index contributed by atoms with van der Waals surface area (Å²) in [5.41, 5.74) is 0. The van der Waals surface area contributed by atoms with Crippen molar-refractivity contribution in [2.45, 2.75) is 25.3 Å². The third-order valence-corrected chi connectivity index (χ3v) is 2.84. The summed E-state index contributed by atoms with van der Waals surface area (Å²) in [6, 6.07) is 0.399. The Hall–Kier alpha value is -0.610. The van der Waals surface area contributed by atoms with Gasteiger partial charge in [0.05, 0.1) is 6.54 Å². The van der Waals surface area contributed by atoms with Gasteiger partial charge in [0.2, 0.25) is 5.91 Å². The van der Waals surface area contributed by atoms with Crippen molar-refractivity contribution >= 4 is 5.91 Å². The Kier molecular flexibility index (Phi) is 5.05. The summed E-state index contributed by atoms with van der Waals surface area (Å²) >= 11 is 0. The van der Waals surface area contributed by atoms with Crippen LogP contribution in [-0.4, -0.2) is 62.5 Å². The van der Waals surface area contributed by atoms with Crippen molar-refractivity contribution in [2.24, 2.45) is 0 Å². The molecule has 15 heavy (non-hydrogen) atoms. The maximum Gasteiger partial charge on any atom is 0.237 e. The van der Waals surface area contributed by atoms with E-state index < -0.39 is 0 Å². The van der Waals surface area contributed by atoms with Crippen LogP contribution in [0.1, 0.15) is 19.3 Å². The molecule has 1 rings (SSSR count). The molecule has 1 atom stereocenters. The molecule has 1 amide bonds. The molecule has 0 aromatic rings. The largest absolute Gasteiger partial charge is 0.337 e. The van der Waals surface area contributed by atoms with E-state index in [1.165, 1.54) is 6.42 Å². The first kappa shape index (κ1) is 12.5. The Morgan fingerprint density at radius 1 is 1.47 bits per heavy atom. The van der Waals surface area contributed by atoms with Gasteiger partial charge in [0.15, 0.2) is 0 Å². The number of likely N-dealkylation sites (tertiary alicyclic amines) is 1. The van der Waals surface area contributed by atoms with E-state index in [0.29, 0.717) is 12.6 Å². The fraction of sp³-hybridized carbons (Fsp3) is 0.909. The Balaban J connectivity index is 2.51. The van der Waals surface area contributed by atoms with Crippen LogP contribution in [-0.2, 0) is 4.79 Å². The van der Waals surface area contributed by atoms with E-state index in [0.717, 1.165) is 25.9 Å². The van der Waals surface area contributed by atoms with Crippen LogP contribution in [0.4, 0.5) is 0 Å². The van der Waals surface area contributed by atoms with Crippen molar-refractivity contribution in [3.8, 4) is 0 Å². The first-order valence-corrected chi connectivity index (χ1v) is 5.74. The lowest BCUT2D eigenvalue weighted by atomic mass is 10.0. The normalized spacial score (nSPS) is 22.1. The maximum absolute atomic E-state index is 12.0. The van der Waals surface area contributed by atoms with Crippen LogP contribution in [0.15, 0.2) is 0 Å². The van der Waals surface area contributed by atoms with Gasteiger partial charge < -0.3 is 15.1 Å². The van der Waals surface area contributed by atoms with Crippen LogP contribution in [0.2, 0.25) is 0 Å². The molecule has 0 aliphatic carbocycles. The summed E-state index contributed by atoms with van der Waals surface area (Å²) in [7, 11) is 5.83. The van der Waals surface area contributed by atoms with Gasteiger partial charge in [-0.15, -0.1) is 0 Å². The monoisotopic (exact) mass is 213 g/mol. The van der Waals surface area contributed by atoms with E-state index in [1.807, 2.05) is 30.9 Å². The molecule has 0 bridgehead atoms. The second-order valence-corrected chi connectivity index (χ2v) is 4.53. The van der Waals surface area contributed by atoms with Crippen LogP contribution in [0.3, 0.4) is 0 Å². The van der Waals surface area contributed by atoms with E-state index in [1.54, 1.807) is 0 Å². The lowest BCUT2D eigenvalue weighted by molar-refractivity contribution is -0.135. The van der Waals surface area contributed by atoms with Gasteiger partial charge in [-0.25, -0.2) is 0 Å². The number of likely N-dealkylation sites (N-methyl/N-ethyl adjacent to an activating group) is 2. The standard InChI is InChI=1S/C11H23N3O/c1-12-8-10-6-4-5-7-14(10)11(15)9-13(2)3/h10,12H,4-9H2,1-3H3. The second kappa shape index (κ2) is 6.08. The van der Waals surface area contributed by atoms with E-state index in [2.05, 4.69) is 5.32 Å². The molecule has 0 radical (unpaired) electrons. The SMILES string of the molecule is CNCC1CCCCN1C(=O)CN(C)C. The summed E-state index contributed by atoms with van der Waals surface area (Å²) in [5.74, 6) is 0.264. The number of hydrogen-bond acceptors (Lipinski definition) is 3. The van der Waals surface area contributed by atoms with Crippen molar-refractivity contribution in [3.63, 3.8) is 0 Å². The molecular formula is C11H23N3O. The molecule has 1 saturated heterocycles. The van der Waals surface area contributed by atoms with Crippen LogP contribution in [0, 0.1) is 0 Å². The minimum Gasteiger partial charge on any atom is -0.337 e. The summed E-state index contributed by atoms with van der Waals surface area (Å²) < 4.78 is 0. The molecule has 1 aliphatic rings. The Bertz CT molecular complexity index is 204. The number of amides is 1. The fourth-order valence-electron chi connectivity index (χ4n) is 2.14. The van der Waals surface area contributed by atoms with Gasteiger partial charge in [0, 0.05) is 19.1 Å². The average molecular weight is 213 g/mol. The minimum absolute atomic E-state index is 0.264. The van der Waals surface area contributed by atoms with Crippen LogP contribution in [0.5, 0.6) is 0 Å². The van der Waals surface area contributed by atoms with E-state index in [4.69, 9.17) is 0 Å². The summed E-state index contributed by atoms with van der Waals surface area (Å²) in [6.07, 6.45) is 3.54. The second-order valence-electron chi connectivity index (χ2n) is 4.53. The number of rotatable bonds is 4. The van der Waals surface area contributed by atoms with Gasteiger partial charge >= 0.3 is 0 Å². The predicted molar refractivity (Wildman–Crippen MR) is 61.8 cm³/mol. The highest BCUT2D eigenvalue weighted by molar-refractivity contribution is 5.78. The molecule has 4 nitrogen and oxygen atoms in total. The molecule has 88 valence electrons. The summed E-state index contributed by atoms with van der Waals surface area (Å²) in [6.45, 7) is 2.37. The van der Waals surface area contributed by atoms with Crippen molar-refractivity contribution in [3.05, 3.63) is 0 Å². The van der Waals surface area contributed by atoms with Gasteiger partial charge in [-0.2, -0.15) is 0 Å². The number of carbonyl (C=O) groups is 1. The molecule has 0 aromatic carbocycles. The highest BCUT2D eigenvalue weighted by Crippen LogP contribution is 2.16. The predicted octanol–water partition coefficient (Wildman–Crippen LogP) is 0.149. The molecule has 0 saturated carbocycles. The van der Waals surface area contributed by atoms with Gasteiger partial charge in [-0.3, -0.25) is 4.79 Å². The Labute approximate surface area is 92.6 Å². The first-order valence-electron chi connectivity index (χ1n) is 5.74. The van der Waals surface area contributed by atoms with E-state index in [-0.39, 0.29) is 5.91 Å². The molecule has 0 aromatic heterocycles. The summed E-state index contributed by atoms with van der Waals surface area (Å²) in [4.78, 5) is 15.9. The fourth-order valence-corrected chi connectivity index (χ4v) is 2.14. The van der Waals surface area contributed by atoms with Crippen LogP contribution < -0.4 is 5.32 Å². The van der Waals surface area contributed by atoms with Crippen molar-refractivity contribution < 1.29 is 4.79 Å². The molecule has 4 heteroatoms. The Morgan fingerprint density at radius 3 is 2.80 bits per heavy atom. The lowest BCUT2D eigenvalue weighted by Gasteiger charge is -2.36. The Morgan fingerprint density at radius 2 is 2.20 bits per heavy atom. The topological polar surface area (TPSA) is 35.6 Å². The lowest BCUT2D eigenvalue weighted by Crippen LogP contribution is -2.50. The van der Waals surface area contributed by atoms with E-state index in [9.17, 15) is 4.79 Å². The molecule has 1 unspecified atom stereocenters. The number of nitrogens with zero attached hydrogens (tertiary/aromatic N) is 2. The van der Waals surface area contributed by atoms with Gasteiger partial charge in [-0.1, -0.05) is 0 Å². The molecule has 0 spiro atoms. The molecular weight excluding hydrogens is 190 g/mol. The molecule has 1 aliphatic heterocycles. The number of hydrogen-bond donors (Lipinski definition) is 1.